The molecule has 0 unspecified atom stereocenters. The van der Waals surface area contributed by atoms with Crippen molar-refractivity contribution in [1.82, 2.24) is 0 Å². The molecule has 0 bridgehead atoms. The third-order valence-corrected chi connectivity index (χ3v) is 1.96. The van der Waals surface area contributed by atoms with E-state index < -0.39 is 0 Å². The molecule has 0 aromatic heterocycles. The van der Waals surface area contributed by atoms with Gasteiger partial charge in [-0.05, 0) is 37.0 Å². The first kappa shape index (κ1) is 16.4. The Labute approximate surface area is 93.9 Å². The first-order valence-electron chi connectivity index (χ1n) is 4.76. The van der Waals surface area contributed by atoms with Gasteiger partial charge in [0.1, 0.15) is 5.75 Å². The van der Waals surface area contributed by atoms with Gasteiger partial charge in [-0.1, -0.05) is 26.5 Å². The van der Waals surface area contributed by atoms with Crippen molar-refractivity contribution in [3.05, 3.63) is 28.8 Å². The van der Waals surface area contributed by atoms with Crippen molar-refractivity contribution >= 4 is 0 Å². The van der Waals surface area contributed by atoms with Crippen LogP contribution < -0.4 is 0 Å². The maximum atomic E-state index is 9.43. The summed E-state index contributed by atoms with van der Waals surface area (Å²) in [7, 11) is 3.25. The summed E-state index contributed by atoms with van der Waals surface area (Å²) in [6, 6.07) is 4.06. The fourth-order valence-electron chi connectivity index (χ4n) is 1.25. The van der Waals surface area contributed by atoms with Gasteiger partial charge < -0.3 is 9.84 Å². The largest absolute Gasteiger partial charge is 0.507 e. The second kappa shape index (κ2) is 8.30. The lowest BCUT2D eigenvalue weighted by molar-refractivity contribution is 0.277. The molecule has 1 aromatic carbocycles. The van der Waals surface area contributed by atoms with Crippen LogP contribution in [0.4, 0.5) is 0 Å². The standard InChI is InChI=1S/C10H14O.C2H6O.CH4/c1-4-9-5-7(2)10(11)8(3)6-9;1-3-2;/h5-6,11H,4H2,1-3H3;1-2H3;1H4. The average molecular weight is 212 g/mol. The molecular weight excluding hydrogens is 188 g/mol. The maximum Gasteiger partial charge on any atom is 0.121 e. The summed E-state index contributed by atoms with van der Waals surface area (Å²) in [6.07, 6.45) is 1.03. The predicted octanol–water partition coefficient (Wildman–Crippen LogP) is 3.47. The fourth-order valence-corrected chi connectivity index (χ4v) is 1.25. The summed E-state index contributed by atoms with van der Waals surface area (Å²) in [5.74, 6) is 0.433. The molecule has 2 heteroatoms. The highest BCUT2D eigenvalue weighted by atomic mass is 16.4. The zero-order valence-electron chi connectivity index (χ0n) is 9.72. The third-order valence-electron chi connectivity index (χ3n) is 1.96. The molecule has 1 rings (SSSR count). The van der Waals surface area contributed by atoms with Gasteiger partial charge in [0.25, 0.3) is 0 Å². The molecular formula is C13H24O2. The molecule has 0 atom stereocenters. The van der Waals surface area contributed by atoms with Crippen molar-refractivity contribution in [3.8, 4) is 5.75 Å². The molecule has 15 heavy (non-hydrogen) atoms. The van der Waals surface area contributed by atoms with E-state index in [9.17, 15) is 5.11 Å². The quantitative estimate of drug-likeness (QED) is 0.772. The summed E-state index contributed by atoms with van der Waals surface area (Å²) in [4.78, 5) is 0. The highest BCUT2D eigenvalue weighted by Crippen LogP contribution is 2.22. The van der Waals surface area contributed by atoms with Crippen LogP contribution in [-0.4, -0.2) is 19.3 Å². The SMILES string of the molecule is C.CCc1cc(C)c(O)c(C)c1.COC. The van der Waals surface area contributed by atoms with Crippen LogP contribution in [0.1, 0.15) is 31.0 Å². The van der Waals surface area contributed by atoms with E-state index >= 15 is 0 Å². The van der Waals surface area contributed by atoms with E-state index in [4.69, 9.17) is 0 Å². The fraction of sp³-hybridized carbons (Fsp3) is 0.538. The normalized spacial score (nSPS) is 8.60. The second-order valence-electron chi connectivity index (χ2n) is 3.34. The van der Waals surface area contributed by atoms with E-state index in [0.717, 1.165) is 17.5 Å². The number of phenolic OH excluding ortho intramolecular Hbond substituents is 1. The molecule has 0 saturated heterocycles. The molecule has 2 nitrogen and oxygen atoms in total. The van der Waals surface area contributed by atoms with Crippen LogP contribution in [0.5, 0.6) is 5.75 Å². The van der Waals surface area contributed by atoms with E-state index in [1.165, 1.54) is 5.56 Å². The summed E-state index contributed by atoms with van der Waals surface area (Å²) in [5.41, 5.74) is 3.24. The number of ether oxygens (including phenoxy) is 1. The van der Waals surface area contributed by atoms with Crippen molar-refractivity contribution in [2.24, 2.45) is 0 Å². The monoisotopic (exact) mass is 212 g/mol. The van der Waals surface area contributed by atoms with Crippen molar-refractivity contribution in [3.63, 3.8) is 0 Å². The van der Waals surface area contributed by atoms with Gasteiger partial charge >= 0.3 is 0 Å². The number of hydrogen-bond donors (Lipinski definition) is 1. The summed E-state index contributed by atoms with van der Waals surface area (Å²) in [5, 5.41) is 9.43. The van der Waals surface area contributed by atoms with E-state index in [0.29, 0.717) is 5.75 Å². The second-order valence-corrected chi connectivity index (χ2v) is 3.34. The van der Waals surface area contributed by atoms with Gasteiger partial charge in [-0.15, -0.1) is 0 Å². The van der Waals surface area contributed by atoms with E-state index in [-0.39, 0.29) is 7.43 Å². The highest BCUT2D eigenvalue weighted by Gasteiger charge is 2.00. The Morgan fingerprint density at radius 3 is 1.73 bits per heavy atom. The summed E-state index contributed by atoms with van der Waals surface area (Å²) < 4.78 is 4.25. The Hall–Kier alpha value is -1.02. The van der Waals surface area contributed by atoms with Crippen LogP contribution in [0, 0.1) is 13.8 Å². The van der Waals surface area contributed by atoms with Crippen LogP contribution in [0.3, 0.4) is 0 Å². The third kappa shape index (κ3) is 5.43. The van der Waals surface area contributed by atoms with Gasteiger partial charge in [-0.2, -0.15) is 0 Å². The van der Waals surface area contributed by atoms with Crippen LogP contribution >= 0.6 is 0 Å². The molecule has 1 N–H and O–H groups in total. The van der Waals surface area contributed by atoms with E-state index in [1.807, 2.05) is 26.0 Å². The molecule has 0 aliphatic rings. The Balaban J connectivity index is 0. The summed E-state index contributed by atoms with van der Waals surface area (Å²) in [6.45, 7) is 5.98. The van der Waals surface area contributed by atoms with Crippen LogP contribution in [0.25, 0.3) is 0 Å². The van der Waals surface area contributed by atoms with Crippen molar-refractivity contribution in [2.45, 2.75) is 34.6 Å². The minimum atomic E-state index is 0. The van der Waals surface area contributed by atoms with Gasteiger partial charge in [0, 0.05) is 14.2 Å². The molecule has 0 aliphatic carbocycles. The molecule has 1 aromatic rings. The molecule has 0 heterocycles. The minimum Gasteiger partial charge on any atom is -0.507 e. The van der Waals surface area contributed by atoms with Gasteiger partial charge in [-0.25, -0.2) is 0 Å². The van der Waals surface area contributed by atoms with Crippen LogP contribution in [-0.2, 0) is 11.2 Å². The van der Waals surface area contributed by atoms with Gasteiger partial charge in [-0.3, -0.25) is 0 Å². The van der Waals surface area contributed by atoms with Crippen molar-refractivity contribution < 1.29 is 9.84 Å². The number of methoxy groups -OCH3 is 1. The molecule has 0 radical (unpaired) electrons. The minimum absolute atomic E-state index is 0. The first-order chi connectivity index (χ1) is 6.56. The lowest BCUT2D eigenvalue weighted by Crippen LogP contribution is -1.85. The molecule has 88 valence electrons. The van der Waals surface area contributed by atoms with E-state index in [1.54, 1.807) is 14.2 Å². The first-order valence-corrected chi connectivity index (χ1v) is 4.76. The number of aromatic hydroxyl groups is 1. The molecule has 0 saturated carbocycles. The Bertz CT molecular complexity index is 257. The lowest BCUT2D eigenvalue weighted by Gasteiger charge is -2.05. The molecule has 0 fully saturated rings. The number of benzene rings is 1. The zero-order chi connectivity index (χ0) is 11.1. The van der Waals surface area contributed by atoms with Crippen LogP contribution in [0.2, 0.25) is 0 Å². The Kier molecular flexibility index (Phi) is 9.08. The highest BCUT2D eigenvalue weighted by molar-refractivity contribution is 5.41. The van der Waals surface area contributed by atoms with Gasteiger partial charge in [0.05, 0.1) is 0 Å². The van der Waals surface area contributed by atoms with E-state index in [2.05, 4.69) is 11.7 Å². The van der Waals surface area contributed by atoms with Crippen molar-refractivity contribution in [1.29, 1.82) is 0 Å². The van der Waals surface area contributed by atoms with Crippen molar-refractivity contribution in [2.75, 3.05) is 14.2 Å². The number of phenols is 1. The maximum absolute atomic E-state index is 9.43. The number of rotatable bonds is 1. The zero-order valence-corrected chi connectivity index (χ0v) is 9.72. The molecule has 0 amide bonds. The average Bonchev–Trinajstić information content (AvgIpc) is 2.14. The predicted molar refractivity (Wildman–Crippen MR) is 66.6 cm³/mol. The molecule has 0 spiro atoms. The topological polar surface area (TPSA) is 29.5 Å². The summed E-state index contributed by atoms with van der Waals surface area (Å²) >= 11 is 0. The van der Waals surface area contributed by atoms with Crippen LogP contribution in [0.15, 0.2) is 12.1 Å². The van der Waals surface area contributed by atoms with Gasteiger partial charge in [0.2, 0.25) is 0 Å². The Morgan fingerprint density at radius 2 is 1.47 bits per heavy atom. The number of aryl methyl sites for hydroxylation is 3. The molecule has 0 aliphatic heterocycles. The smallest absolute Gasteiger partial charge is 0.121 e. The number of hydrogen-bond acceptors (Lipinski definition) is 2. The Morgan fingerprint density at radius 1 is 1.13 bits per heavy atom. The lowest BCUT2D eigenvalue weighted by atomic mass is 10.0. The van der Waals surface area contributed by atoms with Gasteiger partial charge in [0.15, 0.2) is 0 Å².